The number of amides is 2. The number of likely N-dealkylation sites (tertiary alicyclic amines) is 1. The molecule has 1 aliphatic heterocycles. The molecule has 2 fully saturated rings. The maximum atomic E-state index is 12.8. The first-order valence-corrected chi connectivity index (χ1v) is 8.70. The average molecular weight is 354 g/mol. The van der Waals surface area contributed by atoms with E-state index in [1.54, 1.807) is 0 Å². The molecule has 25 heavy (non-hydrogen) atoms. The molecule has 2 amide bonds. The Morgan fingerprint density at radius 3 is 2.84 bits per heavy atom. The zero-order chi connectivity index (χ0) is 17.8. The van der Waals surface area contributed by atoms with Crippen molar-refractivity contribution in [3.8, 4) is 0 Å². The third-order valence-corrected chi connectivity index (χ3v) is 6.04. The van der Waals surface area contributed by atoms with E-state index in [2.05, 4.69) is 17.4 Å². The van der Waals surface area contributed by atoms with Crippen molar-refractivity contribution >= 4 is 6.03 Å². The minimum Gasteiger partial charge on any atom is -0.379 e. The SMILES string of the molecule is O=C(NC[C@@H]1[C@@H]2CCc3ccccc3[C@@H]12)N1CC[C@@](O)(C(F)(F)F)C1. The lowest BCUT2D eigenvalue weighted by Gasteiger charge is -2.26. The predicted molar refractivity (Wildman–Crippen MR) is 85.1 cm³/mol. The number of fused-ring (bicyclic) bond motifs is 3. The second-order valence-electron chi connectivity index (χ2n) is 7.48. The fourth-order valence-electron chi connectivity index (χ4n) is 4.50. The molecule has 3 aliphatic rings. The van der Waals surface area contributed by atoms with Gasteiger partial charge in [-0.2, -0.15) is 13.2 Å². The first-order valence-electron chi connectivity index (χ1n) is 8.70. The summed E-state index contributed by atoms with van der Waals surface area (Å²) in [5.74, 6) is 1.37. The van der Waals surface area contributed by atoms with E-state index in [-0.39, 0.29) is 6.54 Å². The number of rotatable bonds is 2. The van der Waals surface area contributed by atoms with Gasteiger partial charge in [0, 0.05) is 19.5 Å². The zero-order valence-corrected chi connectivity index (χ0v) is 13.7. The number of aliphatic hydroxyl groups is 1. The molecule has 1 aromatic carbocycles. The fraction of sp³-hybridized carbons (Fsp3) is 0.611. The van der Waals surface area contributed by atoms with Crippen LogP contribution in [0.15, 0.2) is 24.3 Å². The van der Waals surface area contributed by atoms with Gasteiger partial charge in [0.2, 0.25) is 0 Å². The summed E-state index contributed by atoms with van der Waals surface area (Å²) in [7, 11) is 0. The highest BCUT2D eigenvalue weighted by Crippen LogP contribution is 2.59. The molecule has 1 saturated heterocycles. The van der Waals surface area contributed by atoms with Gasteiger partial charge in [-0.1, -0.05) is 24.3 Å². The number of nitrogens with one attached hydrogen (secondary N) is 1. The van der Waals surface area contributed by atoms with E-state index in [1.807, 2.05) is 12.1 Å². The largest absolute Gasteiger partial charge is 0.419 e. The van der Waals surface area contributed by atoms with Gasteiger partial charge in [-0.15, -0.1) is 0 Å². The molecule has 0 aromatic heterocycles. The molecule has 1 saturated carbocycles. The van der Waals surface area contributed by atoms with Crippen LogP contribution in [0.25, 0.3) is 0 Å². The third kappa shape index (κ3) is 2.78. The Hall–Kier alpha value is -1.76. The van der Waals surface area contributed by atoms with Gasteiger partial charge in [0.1, 0.15) is 0 Å². The van der Waals surface area contributed by atoms with Crippen LogP contribution in [0.1, 0.15) is 29.9 Å². The molecule has 4 atom stereocenters. The number of carbonyl (C=O) groups excluding carboxylic acids is 1. The minimum absolute atomic E-state index is 0.0812. The van der Waals surface area contributed by atoms with Gasteiger partial charge in [-0.05, 0) is 41.7 Å². The first kappa shape index (κ1) is 16.7. The smallest absolute Gasteiger partial charge is 0.379 e. The molecule has 0 bridgehead atoms. The number of alkyl halides is 3. The molecular formula is C18H21F3N2O2. The summed E-state index contributed by atoms with van der Waals surface area (Å²) in [6.07, 6.45) is -3.03. The van der Waals surface area contributed by atoms with E-state index in [0.29, 0.717) is 24.3 Å². The number of urea groups is 1. The Bertz CT molecular complexity index is 693. The van der Waals surface area contributed by atoms with Crippen LogP contribution in [0.5, 0.6) is 0 Å². The molecule has 0 spiro atoms. The Morgan fingerprint density at radius 1 is 1.36 bits per heavy atom. The minimum atomic E-state index is -4.71. The lowest BCUT2D eigenvalue weighted by molar-refractivity contribution is -0.253. The monoisotopic (exact) mass is 354 g/mol. The van der Waals surface area contributed by atoms with Crippen LogP contribution in [0.2, 0.25) is 0 Å². The van der Waals surface area contributed by atoms with Crippen molar-refractivity contribution in [1.82, 2.24) is 10.2 Å². The van der Waals surface area contributed by atoms with Crippen LogP contribution < -0.4 is 5.32 Å². The summed E-state index contributed by atoms with van der Waals surface area (Å²) in [4.78, 5) is 13.2. The van der Waals surface area contributed by atoms with E-state index < -0.39 is 30.8 Å². The molecule has 7 heteroatoms. The van der Waals surface area contributed by atoms with Crippen LogP contribution >= 0.6 is 0 Å². The first-order chi connectivity index (χ1) is 11.8. The van der Waals surface area contributed by atoms with Gasteiger partial charge in [0.05, 0.1) is 6.54 Å². The quantitative estimate of drug-likeness (QED) is 0.858. The topological polar surface area (TPSA) is 52.6 Å². The van der Waals surface area contributed by atoms with Gasteiger partial charge >= 0.3 is 12.2 Å². The van der Waals surface area contributed by atoms with Crippen molar-refractivity contribution in [2.24, 2.45) is 11.8 Å². The number of hydrogen-bond acceptors (Lipinski definition) is 2. The van der Waals surface area contributed by atoms with Crippen molar-refractivity contribution in [3.63, 3.8) is 0 Å². The van der Waals surface area contributed by atoms with Gasteiger partial charge in [-0.25, -0.2) is 4.79 Å². The molecule has 2 aliphatic carbocycles. The standard InChI is InChI=1S/C18H21F3N2O2/c19-18(20,21)17(25)7-8-23(10-17)16(24)22-9-14-13-6-5-11-3-1-2-4-12(11)15(13)14/h1-4,13-15,25H,5-10H2,(H,22,24)/t13-,14+,15+,17-/m0/s1. The van der Waals surface area contributed by atoms with Gasteiger partial charge in [-0.3, -0.25) is 0 Å². The van der Waals surface area contributed by atoms with Crippen LogP contribution in [0.3, 0.4) is 0 Å². The van der Waals surface area contributed by atoms with Crippen LogP contribution in [-0.2, 0) is 6.42 Å². The van der Waals surface area contributed by atoms with Crippen molar-refractivity contribution in [2.75, 3.05) is 19.6 Å². The second kappa shape index (κ2) is 5.62. The second-order valence-corrected chi connectivity index (χ2v) is 7.48. The number of nitrogens with zero attached hydrogens (tertiary/aromatic N) is 1. The van der Waals surface area contributed by atoms with Gasteiger partial charge in [0.25, 0.3) is 0 Å². The molecule has 4 nitrogen and oxygen atoms in total. The maximum Gasteiger partial charge on any atom is 0.419 e. The highest BCUT2D eigenvalue weighted by Gasteiger charge is 2.58. The van der Waals surface area contributed by atoms with Gasteiger partial charge in [0.15, 0.2) is 5.60 Å². The number of benzene rings is 1. The predicted octanol–water partition coefficient (Wildman–Crippen LogP) is 2.67. The van der Waals surface area contributed by atoms with Crippen LogP contribution in [-0.4, -0.2) is 47.4 Å². The van der Waals surface area contributed by atoms with Crippen LogP contribution in [0.4, 0.5) is 18.0 Å². The number of halogens is 3. The molecule has 4 rings (SSSR count). The molecule has 136 valence electrons. The molecule has 0 unspecified atom stereocenters. The maximum absolute atomic E-state index is 12.8. The molecule has 1 aromatic rings. The Labute approximate surface area is 144 Å². The summed E-state index contributed by atoms with van der Waals surface area (Å²) in [5, 5.41) is 12.4. The van der Waals surface area contributed by atoms with E-state index in [4.69, 9.17) is 0 Å². The lowest BCUT2D eigenvalue weighted by Crippen LogP contribution is -2.49. The van der Waals surface area contributed by atoms with Crippen molar-refractivity contribution in [3.05, 3.63) is 35.4 Å². The van der Waals surface area contributed by atoms with E-state index in [9.17, 15) is 23.1 Å². The van der Waals surface area contributed by atoms with Crippen molar-refractivity contribution in [2.45, 2.75) is 37.0 Å². The van der Waals surface area contributed by atoms with E-state index in [1.165, 1.54) is 11.1 Å². The summed E-state index contributed by atoms with van der Waals surface area (Å²) in [5.41, 5.74) is -0.0606. The Kier molecular flexibility index (Phi) is 3.76. The zero-order valence-electron chi connectivity index (χ0n) is 13.7. The van der Waals surface area contributed by atoms with E-state index >= 15 is 0 Å². The summed E-state index contributed by atoms with van der Waals surface area (Å²) >= 11 is 0. The Balaban J connectivity index is 1.33. The summed E-state index contributed by atoms with van der Waals surface area (Å²) in [6, 6.07) is 7.82. The average Bonchev–Trinajstić information content (AvgIpc) is 3.14. The molecule has 1 heterocycles. The Morgan fingerprint density at radius 2 is 2.12 bits per heavy atom. The number of hydrogen-bond donors (Lipinski definition) is 2. The number of aryl methyl sites for hydroxylation is 1. The van der Waals surface area contributed by atoms with Crippen LogP contribution in [0, 0.1) is 11.8 Å². The number of carbonyl (C=O) groups is 1. The molecular weight excluding hydrogens is 333 g/mol. The molecule has 0 radical (unpaired) electrons. The third-order valence-electron chi connectivity index (χ3n) is 6.04. The summed E-state index contributed by atoms with van der Waals surface area (Å²) < 4.78 is 38.5. The van der Waals surface area contributed by atoms with Gasteiger partial charge < -0.3 is 15.3 Å². The molecule has 2 N–H and O–H groups in total. The van der Waals surface area contributed by atoms with E-state index in [0.717, 1.165) is 17.7 Å². The normalized spacial score (nSPS) is 33.6. The highest BCUT2D eigenvalue weighted by atomic mass is 19.4. The lowest BCUT2D eigenvalue weighted by atomic mass is 9.92. The highest BCUT2D eigenvalue weighted by molar-refractivity contribution is 5.74. The fourth-order valence-corrected chi connectivity index (χ4v) is 4.50. The van der Waals surface area contributed by atoms with Crippen molar-refractivity contribution in [1.29, 1.82) is 0 Å². The van der Waals surface area contributed by atoms with Crippen molar-refractivity contribution < 1.29 is 23.1 Å². The summed E-state index contributed by atoms with van der Waals surface area (Å²) in [6.45, 7) is -0.297. The number of β-amino-alcohol motifs (C(OH)–C–C–N with tert-alkyl or cyclic N) is 1.